The minimum Gasteiger partial charge on any atom is -0.497 e. The second kappa shape index (κ2) is 3.69. The fourth-order valence-electron chi connectivity index (χ4n) is 1.51. The number of nitrogens with two attached hydrogens (primary N) is 1. The van der Waals surface area contributed by atoms with Gasteiger partial charge in [0, 0.05) is 17.6 Å². The van der Waals surface area contributed by atoms with E-state index >= 15 is 0 Å². The molecule has 5 heteroatoms. The van der Waals surface area contributed by atoms with E-state index in [4.69, 9.17) is 10.5 Å². The van der Waals surface area contributed by atoms with Crippen molar-refractivity contribution < 1.29 is 9.53 Å². The second-order valence-corrected chi connectivity index (χ2v) is 3.31. The van der Waals surface area contributed by atoms with Gasteiger partial charge in [0.1, 0.15) is 11.3 Å². The van der Waals surface area contributed by atoms with Crippen molar-refractivity contribution in [2.45, 2.75) is 0 Å². The highest BCUT2D eigenvalue weighted by atomic mass is 16.5. The van der Waals surface area contributed by atoms with Crippen molar-refractivity contribution >= 4 is 16.8 Å². The first-order valence-electron chi connectivity index (χ1n) is 4.62. The van der Waals surface area contributed by atoms with Crippen molar-refractivity contribution in [3.63, 3.8) is 0 Å². The standard InChI is InChI=1S/C11H10N2O3/c1-16-6-2-3-7-9(4-6)13-5-8(10(7)14)11(12)15/h2-5H,1H3,(H2,12,15)(H,13,14). The van der Waals surface area contributed by atoms with Crippen molar-refractivity contribution in [1.29, 1.82) is 0 Å². The Morgan fingerprint density at radius 3 is 2.81 bits per heavy atom. The number of pyridine rings is 1. The average Bonchev–Trinajstić information content (AvgIpc) is 2.28. The van der Waals surface area contributed by atoms with E-state index in [-0.39, 0.29) is 11.0 Å². The highest BCUT2D eigenvalue weighted by molar-refractivity contribution is 5.96. The molecule has 2 aromatic rings. The fourth-order valence-corrected chi connectivity index (χ4v) is 1.51. The van der Waals surface area contributed by atoms with Gasteiger partial charge in [-0.05, 0) is 12.1 Å². The maximum atomic E-state index is 11.8. The Balaban J connectivity index is 2.77. The van der Waals surface area contributed by atoms with Crippen LogP contribution in [0.2, 0.25) is 0 Å². The summed E-state index contributed by atoms with van der Waals surface area (Å²) in [6, 6.07) is 4.93. The number of aromatic nitrogens is 1. The first-order valence-corrected chi connectivity index (χ1v) is 4.62. The van der Waals surface area contributed by atoms with Crippen LogP contribution in [0.1, 0.15) is 10.4 Å². The Bertz CT molecular complexity index is 616. The van der Waals surface area contributed by atoms with Crippen molar-refractivity contribution in [3.8, 4) is 5.75 Å². The third kappa shape index (κ3) is 1.52. The molecule has 0 fully saturated rings. The lowest BCUT2D eigenvalue weighted by Gasteiger charge is -2.03. The van der Waals surface area contributed by atoms with Crippen molar-refractivity contribution in [3.05, 3.63) is 40.2 Å². The fraction of sp³-hybridized carbons (Fsp3) is 0.0909. The van der Waals surface area contributed by atoms with E-state index < -0.39 is 5.91 Å². The lowest BCUT2D eigenvalue weighted by atomic mass is 10.1. The van der Waals surface area contributed by atoms with Crippen LogP contribution in [0.4, 0.5) is 0 Å². The van der Waals surface area contributed by atoms with Crippen molar-refractivity contribution in [2.75, 3.05) is 7.11 Å². The number of fused-ring (bicyclic) bond motifs is 1. The van der Waals surface area contributed by atoms with E-state index in [0.717, 1.165) is 0 Å². The van der Waals surface area contributed by atoms with E-state index in [2.05, 4.69) is 4.98 Å². The summed E-state index contributed by atoms with van der Waals surface area (Å²) in [4.78, 5) is 25.6. The van der Waals surface area contributed by atoms with Crippen LogP contribution in [0.5, 0.6) is 5.75 Å². The van der Waals surface area contributed by atoms with Gasteiger partial charge in [-0.3, -0.25) is 9.59 Å². The third-order valence-electron chi connectivity index (χ3n) is 2.35. The predicted molar refractivity (Wildman–Crippen MR) is 59.6 cm³/mol. The first kappa shape index (κ1) is 10.2. The predicted octanol–water partition coefficient (Wildman–Crippen LogP) is 0.636. The van der Waals surface area contributed by atoms with Gasteiger partial charge >= 0.3 is 0 Å². The van der Waals surface area contributed by atoms with Gasteiger partial charge in [-0.1, -0.05) is 0 Å². The van der Waals surface area contributed by atoms with Gasteiger partial charge < -0.3 is 15.5 Å². The smallest absolute Gasteiger partial charge is 0.254 e. The minimum atomic E-state index is -0.737. The lowest BCUT2D eigenvalue weighted by molar-refractivity contribution is 0.0999. The Kier molecular flexibility index (Phi) is 2.36. The molecule has 0 aliphatic rings. The molecule has 82 valence electrons. The lowest BCUT2D eigenvalue weighted by Crippen LogP contribution is -2.21. The second-order valence-electron chi connectivity index (χ2n) is 3.31. The van der Waals surface area contributed by atoms with E-state index in [1.165, 1.54) is 13.3 Å². The van der Waals surface area contributed by atoms with E-state index in [0.29, 0.717) is 16.7 Å². The molecule has 0 saturated carbocycles. The zero-order valence-corrected chi connectivity index (χ0v) is 8.61. The Hall–Kier alpha value is -2.30. The Morgan fingerprint density at radius 1 is 1.44 bits per heavy atom. The summed E-state index contributed by atoms with van der Waals surface area (Å²) in [5.74, 6) is -0.103. The molecule has 0 aliphatic carbocycles. The average molecular weight is 218 g/mol. The highest BCUT2D eigenvalue weighted by Crippen LogP contribution is 2.16. The Labute approximate surface area is 90.8 Å². The number of rotatable bonds is 2. The summed E-state index contributed by atoms with van der Waals surface area (Å²) in [5, 5.41) is 0.414. The minimum absolute atomic E-state index is 0.0438. The largest absolute Gasteiger partial charge is 0.497 e. The number of H-pyrrole nitrogens is 1. The molecule has 2 rings (SSSR count). The van der Waals surface area contributed by atoms with Crippen LogP contribution in [-0.2, 0) is 0 Å². The SMILES string of the molecule is COc1ccc2c(=O)c(C(N)=O)c[nH]c2c1. The number of amides is 1. The summed E-state index contributed by atoms with van der Waals surface area (Å²) in [6.07, 6.45) is 1.31. The number of benzene rings is 1. The number of hydrogen-bond acceptors (Lipinski definition) is 3. The first-order chi connectivity index (χ1) is 7.63. The van der Waals surface area contributed by atoms with E-state index in [1.54, 1.807) is 18.2 Å². The van der Waals surface area contributed by atoms with Crippen LogP contribution in [-0.4, -0.2) is 18.0 Å². The van der Waals surface area contributed by atoms with Gasteiger partial charge in [-0.2, -0.15) is 0 Å². The molecule has 0 spiro atoms. The third-order valence-corrected chi connectivity index (χ3v) is 2.35. The van der Waals surface area contributed by atoms with Crippen molar-refractivity contribution in [2.24, 2.45) is 5.73 Å². The summed E-state index contributed by atoms with van der Waals surface area (Å²) in [5.41, 5.74) is 5.27. The molecule has 0 unspecified atom stereocenters. The van der Waals surface area contributed by atoms with Gasteiger partial charge in [-0.25, -0.2) is 0 Å². The van der Waals surface area contributed by atoms with E-state index in [1.807, 2.05) is 0 Å². The molecule has 1 aromatic carbocycles. The maximum absolute atomic E-state index is 11.8. The summed E-state index contributed by atoms with van der Waals surface area (Å²) in [6.45, 7) is 0. The molecule has 3 N–H and O–H groups in total. The molecule has 5 nitrogen and oxygen atoms in total. The number of methoxy groups -OCH3 is 1. The van der Waals surface area contributed by atoms with Crippen LogP contribution in [0, 0.1) is 0 Å². The maximum Gasteiger partial charge on any atom is 0.254 e. The summed E-state index contributed by atoms with van der Waals surface area (Å²) < 4.78 is 5.03. The number of hydrogen-bond donors (Lipinski definition) is 2. The molecule has 16 heavy (non-hydrogen) atoms. The monoisotopic (exact) mass is 218 g/mol. The van der Waals surface area contributed by atoms with Gasteiger partial charge in [0.2, 0.25) is 5.43 Å². The molecule has 1 aromatic heterocycles. The van der Waals surface area contributed by atoms with Crippen LogP contribution < -0.4 is 15.9 Å². The molecule has 1 amide bonds. The molecule has 0 radical (unpaired) electrons. The van der Waals surface area contributed by atoms with E-state index in [9.17, 15) is 9.59 Å². The molecule has 1 heterocycles. The Morgan fingerprint density at radius 2 is 2.19 bits per heavy atom. The number of ether oxygens (including phenoxy) is 1. The van der Waals surface area contributed by atoms with Gasteiger partial charge in [-0.15, -0.1) is 0 Å². The molecular weight excluding hydrogens is 208 g/mol. The van der Waals surface area contributed by atoms with Crippen molar-refractivity contribution in [1.82, 2.24) is 4.98 Å². The quantitative estimate of drug-likeness (QED) is 0.775. The number of carbonyl (C=O) groups excluding carboxylic acids is 1. The number of nitrogens with one attached hydrogen (secondary N) is 1. The number of primary amides is 1. The van der Waals surface area contributed by atoms with Crippen LogP contribution in [0.15, 0.2) is 29.2 Å². The zero-order chi connectivity index (χ0) is 11.7. The van der Waals surface area contributed by atoms with Crippen LogP contribution in [0.25, 0.3) is 10.9 Å². The summed E-state index contributed by atoms with van der Waals surface area (Å²) in [7, 11) is 1.54. The number of aromatic amines is 1. The highest BCUT2D eigenvalue weighted by Gasteiger charge is 2.09. The zero-order valence-electron chi connectivity index (χ0n) is 8.61. The molecular formula is C11H10N2O3. The molecule has 0 atom stereocenters. The molecule has 0 bridgehead atoms. The van der Waals surface area contributed by atoms with Gasteiger partial charge in [0.05, 0.1) is 12.6 Å². The normalized spacial score (nSPS) is 10.3. The molecule has 0 aliphatic heterocycles. The van der Waals surface area contributed by atoms with Crippen LogP contribution >= 0.6 is 0 Å². The van der Waals surface area contributed by atoms with Gasteiger partial charge in [0.15, 0.2) is 0 Å². The number of carbonyl (C=O) groups is 1. The van der Waals surface area contributed by atoms with Crippen LogP contribution in [0.3, 0.4) is 0 Å². The van der Waals surface area contributed by atoms with Gasteiger partial charge in [0.25, 0.3) is 5.91 Å². The molecule has 0 saturated heterocycles. The summed E-state index contributed by atoms with van der Waals surface area (Å²) >= 11 is 0. The topological polar surface area (TPSA) is 85.2 Å².